The molecule has 1 aromatic rings. The largest absolute Gasteiger partial charge is 0.228 e. The van der Waals surface area contributed by atoms with E-state index in [2.05, 4.69) is 4.72 Å². The number of hydrogen-bond acceptors (Lipinski definition) is 4. The quantitative estimate of drug-likeness (QED) is 0.878. The Bertz CT molecular complexity index is 460. The Kier molecular flexibility index (Phi) is 4.47. The first-order valence-corrected chi connectivity index (χ1v) is 7.38. The summed E-state index contributed by atoms with van der Waals surface area (Å²) >= 11 is 1.51. The molecule has 1 heterocycles. The predicted molar refractivity (Wildman–Crippen MR) is 64.5 cm³/mol. The molecule has 0 aromatic carbocycles. The number of nitrogens with one attached hydrogen (secondary N) is 1. The zero-order valence-corrected chi connectivity index (χ0v) is 10.8. The summed E-state index contributed by atoms with van der Waals surface area (Å²) in [4.78, 5) is 0.969. The summed E-state index contributed by atoms with van der Waals surface area (Å²) in [6.45, 7) is 3.29. The summed E-state index contributed by atoms with van der Waals surface area (Å²) in [6, 6.07) is 5.26. The van der Waals surface area contributed by atoms with E-state index < -0.39 is 15.3 Å². The average molecular weight is 258 g/mol. The number of nitrogens with zero attached hydrogens (tertiary/aromatic N) is 1. The average Bonchev–Trinajstić information content (AvgIpc) is 2.78. The molecule has 1 rings (SSSR count). The Morgan fingerprint density at radius 1 is 1.62 bits per heavy atom. The lowest BCUT2D eigenvalue weighted by molar-refractivity contribution is 0.549. The number of thiophene rings is 1. The molecule has 0 bridgehead atoms. The predicted octanol–water partition coefficient (Wildman–Crippen LogP) is 2.03. The lowest BCUT2D eigenvalue weighted by atomic mass is 10.2. The summed E-state index contributed by atoms with van der Waals surface area (Å²) in [5.41, 5.74) is 0. The summed E-state index contributed by atoms with van der Waals surface area (Å²) in [7, 11) is -3.55. The molecule has 6 heteroatoms. The van der Waals surface area contributed by atoms with Gasteiger partial charge in [0.25, 0.3) is 0 Å². The Labute approximate surface area is 100.0 Å². The van der Waals surface area contributed by atoms with Crippen molar-refractivity contribution in [3.8, 4) is 6.07 Å². The van der Waals surface area contributed by atoms with E-state index in [0.29, 0.717) is 6.42 Å². The van der Waals surface area contributed by atoms with Crippen LogP contribution in [0.3, 0.4) is 0 Å². The molecule has 16 heavy (non-hydrogen) atoms. The molecule has 0 amide bonds. The van der Waals surface area contributed by atoms with Crippen molar-refractivity contribution >= 4 is 21.4 Å². The van der Waals surface area contributed by atoms with Gasteiger partial charge in [-0.1, -0.05) is 13.0 Å². The van der Waals surface area contributed by atoms with E-state index in [1.165, 1.54) is 18.3 Å². The first-order valence-electron chi connectivity index (χ1n) is 4.95. The van der Waals surface area contributed by atoms with Crippen LogP contribution in [0.2, 0.25) is 0 Å². The maximum Gasteiger partial charge on any atom is 0.228 e. The molecular formula is C10H14N2O2S2. The van der Waals surface area contributed by atoms with Crippen molar-refractivity contribution in [2.45, 2.75) is 31.6 Å². The van der Waals surface area contributed by atoms with E-state index in [4.69, 9.17) is 5.26 Å². The van der Waals surface area contributed by atoms with Gasteiger partial charge >= 0.3 is 0 Å². The van der Waals surface area contributed by atoms with Crippen molar-refractivity contribution in [2.75, 3.05) is 0 Å². The van der Waals surface area contributed by atoms with Gasteiger partial charge in [0.15, 0.2) is 5.25 Å². The second-order valence-electron chi connectivity index (χ2n) is 3.41. The molecule has 2 unspecified atom stereocenters. The number of nitriles is 1. The van der Waals surface area contributed by atoms with Gasteiger partial charge in [0.1, 0.15) is 0 Å². The minimum absolute atomic E-state index is 0.235. The van der Waals surface area contributed by atoms with Crippen LogP contribution < -0.4 is 4.72 Å². The van der Waals surface area contributed by atoms with E-state index in [0.717, 1.165) is 4.88 Å². The lowest BCUT2D eigenvalue weighted by Crippen LogP contribution is -2.34. The summed E-state index contributed by atoms with van der Waals surface area (Å²) in [5, 5.41) is 9.50. The van der Waals surface area contributed by atoms with Crippen LogP contribution in [0, 0.1) is 11.3 Å². The van der Waals surface area contributed by atoms with Crippen molar-refractivity contribution in [2.24, 2.45) is 0 Å². The lowest BCUT2D eigenvalue weighted by Gasteiger charge is -2.16. The van der Waals surface area contributed by atoms with Crippen LogP contribution in [0.1, 0.15) is 31.2 Å². The molecule has 4 nitrogen and oxygen atoms in total. The minimum atomic E-state index is -3.55. The highest BCUT2D eigenvalue weighted by Crippen LogP contribution is 2.22. The summed E-state index contributed by atoms with van der Waals surface area (Å²) in [6.07, 6.45) is 0.665. The number of sulfonamides is 1. The third-order valence-electron chi connectivity index (χ3n) is 2.25. The molecule has 0 aliphatic carbocycles. The molecule has 0 radical (unpaired) electrons. The van der Waals surface area contributed by atoms with Crippen LogP contribution >= 0.6 is 11.3 Å². The van der Waals surface area contributed by atoms with Crippen LogP contribution in [-0.4, -0.2) is 13.7 Å². The third kappa shape index (κ3) is 3.04. The fourth-order valence-electron chi connectivity index (χ4n) is 1.20. The van der Waals surface area contributed by atoms with E-state index in [9.17, 15) is 8.42 Å². The van der Waals surface area contributed by atoms with Crippen molar-refractivity contribution in [1.29, 1.82) is 5.26 Å². The highest BCUT2D eigenvalue weighted by Gasteiger charge is 2.24. The van der Waals surface area contributed by atoms with Gasteiger partial charge in [-0.2, -0.15) is 5.26 Å². The Morgan fingerprint density at radius 3 is 2.75 bits per heavy atom. The molecular weight excluding hydrogens is 244 g/mol. The number of rotatable bonds is 5. The van der Waals surface area contributed by atoms with Crippen LogP contribution in [0.4, 0.5) is 0 Å². The molecule has 0 saturated heterocycles. The SMILES string of the molecule is CCC(NS(=O)(=O)C(C)C#N)c1cccs1. The van der Waals surface area contributed by atoms with Crippen LogP contribution in [0.15, 0.2) is 17.5 Å². The Morgan fingerprint density at radius 2 is 2.31 bits per heavy atom. The molecule has 0 saturated carbocycles. The van der Waals surface area contributed by atoms with Crippen molar-refractivity contribution in [3.63, 3.8) is 0 Å². The Hall–Kier alpha value is -0.900. The van der Waals surface area contributed by atoms with Gasteiger partial charge in [-0.25, -0.2) is 13.1 Å². The molecule has 1 aromatic heterocycles. The van der Waals surface area contributed by atoms with Crippen LogP contribution in [0.5, 0.6) is 0 Å². The fraction of sp³-hybridized carbons (Fsp3) is 0.500. The van der Waals surface area contributed by atoms with Gasteiger partial charge in [0, 0.05) is 4.88 Å². The molecule has 88 valence electrons. The molecule has 0 aliphatic heterocycles. The van der Waals surface area contributed by atoms with Gasteiger partial charge in [-0.05, 0) is 24.8 Å². The van der Waals surface area contributed by atoms with Crippen LogP contribution in [0.25, 0.3) is 0 Å². The third-order valence-corrected chi connectivity index (χ3v) is 4.88. The smallest absolute Gasteiger partial charge is 0.211 e. The standard InChI is InChI=1S/C10H14N2O2S2/c1-3-9(10-5-4-6-15-10)12-16(13,14)8(2)7-11/h4-6,8-9,12H,3H2,1-2H3. The second kappa shape index (κ2) is 5.43. The van der Waals surface area contributed by atoms with E-state index >= 15 is 0 Å². The normalized spacial score (nSPS) is 15.3. The molecule has 1 N–H and O–H groups in total. The first kappa shape index (κ1) is 13.2. The molecule has 0 aliphatic rings. The van der Waals surface area contributed by atoms with E-state index in [-0.39, 0.29) is 6.04 Å². The van der Waals surface area contributed by atoms with Gasteiger partial charge in [0.05, 0.1) is 12.1 Å². The highest BCUT2D eigenvalue weighted by molar-refractivity contribution is 7.90. The molecule has 0 fully saturated rings. The van der Waals surface area contributed by atoms with Crippen LogP contribution in [-0.2, 0) is 10.0 Å². The maximum atomic E-state index is 11.7. The summed E-state index contributed by atoms with van der Waals surface area (Å²) in [5.74, 6) is 0. The summed E-state index contributed by atoms with van der Waals surface area (Å²) < 4.78 is 26.0. The van der Waals surface area contributed by atoms with Crippen molar-refractivity contribution in [3.05, 3.63) is 22.4 Å². The first-order chi connectivity index (χ1) is 7.51. The van der Waals surface area contributed by atoms with E-state index in [1.807, 2.05) is 24.4 Å². The fourth-order valence-corrected chi connectivity index (χ4v) is 3.17. The molecule has 2 atom stereocenters. The zero-order chi connectivity index (χ0) is 12.2. The van der Waals surface area contributed by atoms with E-state index in [1.54, 1.807) is 6.07 Å². The van der Waals surface area contributed by atoms with Crippen molar-refractivity contribution < 1.29 is 8.42 Å². The highest BCUT2D eigenvalue weighted by atomic mass is 32.2. The number of hydrogen-bond donors (Lipinski definition) is 1. The second-order valence-corrected chi connectivity index (χ2v) is 6.42. The maximum absolute atomic E-state index is 11.7. The van der Waals surface area contributed by atoms with Gasteiger partial charge in [-0.3, -0.25) is 0 Å². The zero-order valence-electron chi connectivity index (χ0n) is 9.17. The van der Waals surface area contributed by atoms with Crippen molar-refractivity contribution in [1.82, 2.24) is 4.72 Å². The monoisotopic (exact) mass is 258 g/mol. The minimum Gasteiger partial charge on any atom is -0.211 e. The van der Waals surface area contributed by atoms with Gasteiger partial charge in [-0.15, -0.1) is 11.3 Å². The molecule has 0 spiro atoms. The van der Waals surface area contributed by atoms with Gasteiger partial charge in [0.2, 0.25) is 10.0 Å². The topological polar surface area (TPSA) is 70.0 Å². The van der Waals surface area contributed by atoms with Gasteiger partial charge < -0.3 is 0 Å². The Balaban J connectivity index is 2.84.